The molecule has 0 amide bonds. The lowest BCUT2D eigenvalue weighted by molar-refractivity contribution is -0.00461. The van der Waals surface area contributed by atoms with Gasteiger partial charge in [-0.25, -0.2) is 0 Å². The van der Waals surface area contributed by atoms with Gasteiger partial charge < -0.3 is 15.2 Å². The second-order valence-corrected chi connectivity index (χ2v) is 4.85. The number of rotatable bonds is 5. The fourth-order valence-electron chi connectivity index (χ4n) is 2.45. The van der Waals surface area contributed by atoms with Crippen LogP contribution in [0.15, 0.2) is 24.3 Å². The van der Waals surface area contributed by atoms with E-state index in [2.05, 4.69) is 4.90 Å². The lowest BCUT2D eigenvalue weighted by Crippen LogP contribution is -2.27. The lowest BCUT2D eigenvalue weighted by atomic mass is 10.1. The topological polar surface area (TPSA) is 71.6 Å². The van der Waals surface area contributed by atoms with Gasteiger partial charge in [-0.2, -0.15) is 0 Å². The van der Waals surface area contributed by atoms with Gasteiger partial charge in [-0.1, -0.05) is 24.3 Å². The van der Waals surface area contributed by atoms with Crippen LogP contribution in [-0.2, 0) is 16.0 Å². The van der Waals surface area contributed by atoms with Crippen molar-refractivity contribution in [1.82, 2.24) is 4.90 Å². The van der Waals surface area contributed by atoms with Gasteiger partial charge >= 0.3 is 0 Å². The van der Waals surface area contributed by atoms with E-state index in [1.807, 2.05) is 24.3 Å². The summed E-state index contributed by atoms with van der Waals surface area (Å²) in [6, 6.07) is 7.79. The van der Waals surface area contributed by atoms with Gasteiger partial charge in [0.2, 0.25) is 0 Å². The van der Waals surface area contributed by atoms with Gasteiger partial charge in [-0.15, -0.1) is 0 Å². The summed E-state index contributed by atoms with van der Waals surface area (Å²) in [6.45, 7) is 2.62. The number of nitrogens with zero attached hydrogens (tertiary/aromatic N) is 1. The van der Waals surface area contributed by atoms with Crippen molar-refractivity contribution < 1.29 is 9.47 Å². The molecule has 1 aliphatic heterocycles. The van der Waals surface area contributed by atoms with E-state index >= 15 is 0 Å². The van der Waals surface area contributed by atoms with Crippen molar-refractivity contribution in [2.24, 2.45) is 5.73 Å². The minimum absolute atomic E-state index is 0.103. The number of likely N-dealkylation sites (tertiary alicyclic amines) is 1. The second-order valence-electron chi connectivity index (χ2n) is 4.85. The highest BCUT2D eigenvalue weighted by Gasteiger charge is 2.32. The molecular weight excluding hydrogens is 242 g/mol. The number of nitrogens with one attached hydrogen (secondary N) is 1. The Kier molecular flexibility index (Phi) is 4.52. The molecule has 0 radical (unpaired) electrons. The molecule has 0 aromatic heterocycles. The monoisotopic (exact) mass is 263 g/mol. The maximum absolute atomic E-state index is 7.37. The zero-order valence-electron chi connectivity index (χ0n) is 11.4. The summed E-state index contributed by atoms with van der Waals surface area (Å²) in [4.78, 5) is 2.31. The van der Waals surface area contributed by atoms with Crippen molar-refractivity contribution in [1.29, 1.82) is 5.41 Å². The number of methoxy groups -OCH3 is 2. The lowest BCUT2D eigenvalue weighted by Gasteiger charge is -2.15. The summed E-state index contributed by atoms with van der Waals surface area (Å²) in [5, 5.41) is 7.37. The van der Waals surface area contributed by atoms with Crippen LogP contribution >= 0.6 is 0 Å². The fourth-order valence-corrected chi connectivity index (χ4v) is 2.45. The molecule has 0 saturated carbocycles. The maximum atomic E-state index is 7.37. The molecular formula is C14H21N3O2. The van der Waals surface area contributed by atoms with E-state index < -0.39 is 0 Å². The highest BCUT2D eigenvalue weighted by molar-refractivity contribution is 5.94. The normalized spacial score (nSPS) is 23.7. The first-order valence-electron chi connectivity index (χ1n) is 6.35. The third-order valence-electron chi connectivity index (χ3n) is 3.57. The highest BCUT2D eigenvalue weighted by Crippen LogP contribution is 2.18. The van der Waals surface area contributed by atoms with Gasteiger partial charge in [0.05, 0.1) is 12.2 Å². The molecule has 104 valence electrons. The number of amidine groups is 1. The highest BCUT2D eigenvalue weighted by atomic mass is 16.5. The summed E-state index contributed by atoms with van der Waals surface area (Å²) >= 11 is 0. The number of nitrogens with two attached hydrogens (primary N) is 1. The van der Waals surface area contributed by atoms with Crippen LogP contribution in [0, 0.1) is 5.41 Å². The summed E-state index contributed by atoms with van der Waals surface area (Å²) in [5.41, 5.74) is 7.40. The molecule has 0 bridgehead atoms. The Balaban J connectivity index is 1.96. The molecule has 1 aliphatic rings. The summed E-state index contributed by atoms with van der Waals surface area (Å²) in [7, 11) is 3.45. The van der Waals surface area contributed by atoms with E-state index in [0.717, 1.165) is 25.2 Å². The predicted octanol–water partition coefficient (Wildman–Crippen LogP) is 0.816. The Hall–Kier alpha value is -1.43. The van der Waals surface area contributed by atoms with Crippen LogP contribution in [0.1, 0.15) is 11.1 Å². The van der Waals surface area contributed by atoms with Crippen molar-refractivity contribution in [2.45, 2.75) is 18.8 Å². The van der Waals surface area contributed by atoms with Crippen LogP contribution < -0.4 is 5.73 Å². The van der Waals surface area contributed by atoms with Gasteiger partial charge in [0, 0.05) is 39.4 Å². The van der Waals surface area contributed by atoms with Gasteiger partial charge in [0.25, 0.3) is 0 Å². The van der Waals surface area contributed by atoms with Gasteiger partial charge in [0.15, 0.2) is 0 Å². The third kappa shape index (κ3) is 3.32. The Labute approximate surface area is 113 Å². The van der Waals surface area contributed by atoms with Crippen LogP contribution in [-0.4, -0.2) is 50.3 Å². The largest absolute Gasteiger partial charge is 0.384 e. The van der Waals surface area contributed by atoms with Crippen molar-refractivity contribution >= 4 is 5.84 Å². The van der Waals surface area contributed by atoms with E-state index in [1.54, 1.807) is 14.2 Å². The maximum Gasteiger partial charge on any atom is 0.122 e. The molecule has 1 aromatic rings. The van der Waals surface area contributed by atoms with Gasteiger partial charge in [-0.3, -0.25) is 10.3 Å². The fraction of sp³-hybridized carbons (Fsp3) is 0.500. The predicted molar refractivity (Wildman–Crippen MR) is 74.3 cm³/mol. The molecule has 5 nitrogen and oxygen atoms in total. The first-order valence-corrected chi connectivity index (χ1v) is 6.35. The Morgan fingerprint density at radius 3 is 2.16 bits per heavy atom. The number of ether oxygens (including phenoxy) is 2. The Morgan fingerprint density at radius 1 is 1.21 bits per heavy atom. The zero-order valence-corrected chi connectivity index (χ0v) is 11.4. The van der Waals surface area contributed by atoms with Crippen molar-refractivity contribution in [3.05, 3.63) is 35.4 Å². The van der Waals surface area contributed by atoms with Crippen LogP contribution in [0.4, 0.5) is 0 Å². The van der Waals surface area contributed by atoms with Crippen molar-refractivity contribution in [3.63, 3.8) is 0 Å². The molecule has 2 unspecified atom stereocenters. The summed E-state index contributed by atoms with van der Waals surface area (Å²) in [6.07, 6.45) is 0.281. The first kappa shape index (κ1) is 14.0. The number of benzene rings is 1. The third-order valence-corrected chi connectivity index (χ3v) is 3.57. The Morgan fingerprint density at radius 2 is 1.74 bits per heavy atom. The molecule has 19 heavy (non-hydrogen) atoms. The molecule has 1 aromatic carbocycles. The summed E-state index contributed by atoms with van der Waals surface area (Å²) in [5.74, 6) is 0.103. The minimum atomic E-state index is 0.103. The average molecular weight is 263 g/mol. The van der Waals surface area contributed by atoms with E-state index in [-0.39, 0.29) is 18.0 Å². The van der Waals surface area contributed by atoms with Crippen LogP contribution in [0.2, 0.25) is 0 Å². The Bertz CT molecular complexity index is 421. The van der Waals surface area contributed by atoms with Gasteiger partial charge in [-0.05, 0) is 5.56 Å². The standard InChI is InChI=1S/C14H21N3O2/c1-18-12-8-17(9-13(12)19-2)7-10-3-5-11(6-4-10)14(15)16/h3-6,12-13H,7-9H2,1-2H3,(H3,15,16). The molecule has 1 fully saturated rings. The zero-order chi connectivity index (χ0) is 13.8. The van der Waals surface area contributed by atoms with Gasteiger partial charge in [0.1, 0.15) is 5.84 Å². The van der Waals surface area contributed by atoms with E-state index in [9.17, 15) is 0 Å². The van der Waals surface area contributed by atoms with Crippen molar-refractivity contribution in [3.8, 4) is 0 Å². The smallest absolute Gasteiger partial charge is 0.122 e. The molecule has 1 heterocycles. The van der Waals surface area contributed by atoms with Crippen molar-refractivity contribution in [2.75, 3.05) is 27.3 Å². The summed E-state index contributed by atoms with van der Waals surface area (Å²) < 4.78 is 10.8. The molecule has 2 atom stereocenters. The second kappa shape index (κ2) is 6.14. The molecule has 3 N–H and O–H groups in total. The first-order chi connectivity index (χ1) is 9.13. The number of nitrogen functional groups attached to an aromatic ring is 1. The molecule has 0 spiro atoms. The van der Waals surface area contributed by atoms with Crippen LogP contribution in [0.3, 0.4) is 0 Å². The van der Waals surface area contributed by atoms with E-state index in [0.29, 0.717) is 0 Å². The quantitative estimate of drug-likeness (QED) is 0.609. The average Bonchev–Trinajstić information content (AvgIpc) is 2.81. The number of hydrogen-bond donors (Lipinski definition) is 2. The molecule has 0 aliphatic carbocycles. The SMILES string of the molecule is COC1CN(Cc2ccc(C(=N)N)cc2)CC1OC. The van der Waals surface area contributed by atoms with E-state index in [1.165, 1.54) is 5.56 Å². The van der Waals surface area contributed by atoms with E-state index in [4.69, 9.17) is 20.6 Å². The molecule has 5 heteroatoms. The molecule has 1 saturated heterocycles. The van der Waals surface area contributed by atoms with Crippen LogP contribution in [0.25, 0.3) is 0 Å². The minimum Gasteiger partial charge on any atom is -0.384 e. The van der Waals surface area contributed by atoms with Crippen LogP contribution in [0.5, 0.6) is 0 Å². The number of hydrogen-bond acceptors (Lipinski definition) is 4. The molecule has 2 rings (SSSR count).